The molecule has 0 N–H and O–H groups in total. The predicted octanol–water partition coefficient (Wildman–Crippen LogP) is 4.89. The number of carbonyl (C=O) groups excluding carboxylic acids is 2. The van der Waals surface area contributed by atoms with Gasteiger partial charge in [0.15, 0.2) is 5.78 Å². The van der Waals surface area contributed by atoms with Crippen molar-refractivity contribution in [1.29, 1.82) is 0 Å². The van der Waals surface area contributed by atoms with E-state index in [1.165, 1.54) is 0 Å². The molecule has 1 amide bonds. The molecule has 0 bridgehead atoms. The number of benzene rings is 1. The Balaban J connectivity index is 1.83. The summed E-state index contributed by atoms with van der Waals surface area (Å²) in [5.41, 5.74) is 0.640. The molecule has 3 nitrogen and oxygen atoms in total. The minimum Gasteiger partial charge on any atom is -0.341 e. The second-order valence-electron chi connectivity index (χ2n) is 4.91. The van der Waals surface area contributed by atoms with Gasteiger partial charge in [-0.15, -0.1) is 11.3 Å². The topological polar surface area (TPSA) is 37.4 Å². The number of Topliss-reactive ketones (excluding diaryl/α,β-unsaturated/α-hetero) is 1. The average Bonchev–Trinajstić information content (AvgIpc) is 2.90. The molecule has 0 aliphatic carbocycles. The normalized spacial score (nSPS) is 10.5. The molecule has 1 aromatic heterocycles. The smallest absolute Gasteiger partial charge is 0.223 e. The van der Waals surface area contributed by atoms with Crippen LogP contribution in [0.3, 0.4) is 0 Å². The van der Waals surface area contributed by atoms with Crippen LogP contribution in [0.5, 0.6) is 0 Å². The summed E-state index contributed by atoms with van der Waals surface area (Å²) in [6, 6.07) is 9.20. The van der Waals surface area contributed by atoms with Crippen molar-refractivity contribution in [3.63, 3.8) is 0 Å². The molecular weight excluding hydrogens is 430 g/mol. The third-order valence-corrected chi connectivity index (χ3v) is 5.38. The molecule has 6 heteroatoms. The van der Waals surface area contributed by atoms with Gasteiger partial charge >= 0.3 is 0 Å². The number of halogens is 2. The molecule has 1 aromatic carbocycles. The van der Waals surface area contributed by atoms with Crippen LogP contribution in [0.15, 0.2) is 44.7 Å². The molecule has 2 aromatic rings. The first kappa shape index (κ1) is 17.4. The van der Waals surface area contributed by atoms with Crippen molar-refractivity contribution >= 4 is 54.9 Å². The van der Waals surface area contributed by atoms with Crippen LogP contribution in [0.4, 0.5) is 0 Å². The maximum atomic E-state index is 12.1. The summed E-state index contributed by atoms with van der Waals surface area (Å²) < 4.78 is 1.96. The van der Waals surface area contributed by atoms with E-state index in [-0.39, 0.29) is 24.5 Å². The van der Waals surface area contributed by atoms with Crippen molar-refractivity contribution in [3.8, 4) is 0 Å². The number of ketones is 1. The fourth-order valence-corrected chi connectivity index (χ4v) is 3.72. The van der Waals surface area contributed by atoms with E-state index in [2.05, 4.69) is 31.9 Å². The fraction of sp³-hybridized carbons (Fsp3) is 0.250. The van der Waals surface area contributed by atoms with E-state index in [4.69, 9.17) is 0 Å². The van der Waals surface area contributed by atoms with Crippen molar-refractivity contribution in [2.24, 2.45) is 0 Å². The lowest BCUT2D eigenvalue weighted by atomic mass is 10.1. The lowest BCUT2D eigenvalue weighted by molar-refractivity contribution is -0.130. The number of carbonyl (C=O) groups is 2. The van der Waals surface area contributed by atoms with Crippen LogP contribution >= 0.6 is 43.2 Å². The molecule has 0 unspecified atom stereocenters. The SMILES string of the molecule is CN(Cc1cc(Br)cs1)C(=O)CCC(=O)c1ccc(Br)cc1. The lowest BCUT2D eigenvalue weighted by Crippen LogP contribution is -2.26. The summed E-state index contributed by atoms with van der Waals surface area (Å²) in [6.45, 7) is 0.571. The molecule has 0 saturated heterocycles. The van der Waals surface area contributed by atoms with Gasteiger partial charge in [0.2, 0.25) is 5.91 Å². The maximum absolute atomic E-state index is 12.1. The van der Waals surface area contributed by atoms with Crippen LogP contribution in [0, 0.1) is 0 Å². The van der Waals surface area contributed by atoms with Gasteiger partial charge in [-0.3, -0.25) is 9.59 Å². The number of hydrogen-bond acceptors (Lipinski definition) is 3. The molecule has 22 heavy (non-hydrogen) atoms. The Morgan fingerprint density at radius 3 is 2.36 bits per heavy atom. The molecule has 0 radical (unpaired) electrons. The summed E-state index contributed by atoms with van der Waals surface area (Å²) in [6.07, 6.45) is 0.469. The molecule has 0 aliphatic heterocycles. The Morgan fingerprint density at radius 2 is 1.77 bits per heavy atom. The van der Waals surface area contributed by atoms with E-state index >= 15 is 0 Å². The highest BCUT2D eigenvalue weighted by molar-refractivity contribution is 9.10. The molecular formula is C16H15Br2NO2S. The zero-order valence-electron chi connectivity index (χ0n) is 12.0. The van der Waals surface area contributed by atoms with Crippen LogP contribution in [0.1, 0.15) is 28.1 Å². The van der Waals surface area contributed by atoms with E-state index in [9.17, 15) is 9.59 Å². The van der Waals surface area contributed by atoms with E-state index in [0.717, 1.165) is 13.8 Å². The van der Waals surface area contributed by atoms with Gasteiger partial charge in [-0.05, 0) is 34.1 Å². The monoisotopic (exact) mass is 443 g/mol. The van der Waals surface area contributed by atoms with Crippen molar-refractivity contribution in [2.45, 2.75) is 19.4 Å². The van der Waals surface area contributed by atoms with Crippen LogP contribution in [-0.2, 0) is 11.3 Å². The predicted molar refractivity (Wildman–Crippen MR) is 96.2 cm³/mol. The first-order chi connectivity index (χ1) is 10.5. The summed E-state index contributed by atoms with van der Waals surface area (Å²) in [4.78, 5) is 26.9. The van der Waals surface area contributed by atoms with E-state index < -0.39 is 0 Å². The first-order valence-corrected chi connectivity index (χ1v) is 9.18. The molecule has 0 spiro atoms. The van der Waals surface area contributed by atoms with Gasteiger partial charge < -0.3 is 4.90 Å². The molecule has 1 heterocycles. The minimum atomic E-state index is -0.0185. The molecule has 0 saturated carbocycles. The Labute approximate surface area is 150 Å². The van der Waals surface area contributed by atoms with E-state index in [1.807, 2.05) is 23.6 Å². The highest BCUT2D eigenvalue weighted by Gasteiger charge is 2.13. The third kappa shape index (κ3) is 5.04. The average molecular weight is 445 g/mol. The van der Waals surface area contributed by atoms with Crippen LogP contribution in [-0.4, -0.2) is 23.6 Å². The van der Waals surface area contributed by atoms with Gasteiger partial charge in [-0.25, -0.2) is 0 Å². The summed E-state index contributed by atoms with van der Waals surface area (Å²) in [5.74, 6) is -0.0249. The van der Waals surface area contributed by atoms with Gasteiger partial charge in [-0.2, -0.15) is 0 Å². The third-order valence-electron chi connectivity index (χ3n) is 3.17. The van der Waals surface area contributed by atoms with Crippen molar-refractivity contribution in [2.75, 3.05) is 7.05 Å². The van der Waals surface area contributed by atoms with Crippen LogP contribution in [0.25, 0.3) is 0 Å². The molecule has 0 aliphatic rings. The van der Waals surface area contributed by atoms with E-state index in [0.29, 0.717) is 12.1 Å². The summed E-state index contributed by atoms with van der Waals surface area (Å²) >= 11 is 8.34. The highest BCUT2D eigenvalue weighted by atomic mass is 79.9. The molecule has 2 rings (SSSR count). The molecule has 116 valence electrons. The van der Waals surface area contributed by atoms with Gasteiger partial charge in [-0.1, -0.05) is 28.1 Å². The Bertz CT molecular complexity index is 667. The number of hydrogen-bond donors (Lipinski definition) is 0. The van der Waals surface area contributed by atoms with Crippen LogP contribution < -0.4 is 0 Å². The van der Waals surface area contributed by atoms with Crippen molar-refractivity contribution < 1.29 is 9.59 Å². The largest absolute Gasteiger partial charge is 0.341 e. The second-order valence-corrected chi connectivity index (χ2v) is 7.74. The van der Waals surface area contributed by atoms with Gasteiger partial charge in [0, 0.05) is 44.7 Å². The highest BCUT2D eigenvalue weighted by Crippen LogP contribution is 2.21. The van der Waals surface area contributed by atoms with Crippen molar-refractivity contribution in [3.05, 3.63) is 55.1 Å². The Kier molecular flexibility index (Phi) is 6.35. The van der Waals surface area contributed by atoms with Crippen molar-refractivity contribution in [1.82, 2.24) is 4.90 Å². The minimum absolute atomic E-state index is 0.00637. The zero-order valence-corrected chi connectivity index (χ0v) is 16.0. The first-order valence-electron chi connectivity index (χ1n) is 6.71. The van der Waals surface area contributed by atoms with Gasteiger partial charge in [0.25, 0.3) is 0 Å². The molecule has 0 fully saturated rings. The van der Waals surface area contributed by atoms with E-state index in [1.54, 1.807) is 35.4 Å². The second kappa shape index (κ2) is 8.04. The lowest BCUT2D eigenvalue weighted by Gasteiger charge is -2.15. The summed E-state index contributed by atoms with van der Waals surface area (Å²) in [7, 11) is 1.76. The summed E-state index contributed by atoms with van der Waals surface area (Å²) in [5, 5.41) is 1.99. The van der Waals surface area contributed by atoms with Crippen LogP contribution in [0.2, 0.25) is 0 Å². The van der Waals surface area contributed by atoms with Gasteiger partial charge in [0.05, 0.1) is 6.54 Å². The zero-order chi connectivity index (χ0) is 16.1. The Hall–Kier alpha value is -0.980. The number of rotatable bonds is 6. The number of amides is 1. The Morgan fingerprint density at radius 1 is 1.09 bits per heavy atom. The number of nitrogens with zero attached hydrogens (tertiary/aromatic N) is 1. The maximum Gasteiger partial charge on any atom is 0.223 e. The molecule has 0 atom stereocenters. The fourth-order valence-electron chi connectivity index (χ4n) is 1.95. The quantitative estimate of drug-likeness (QED) is 0.594. The number of thiophene rings is 1. The standard InChI is InChI=1S/C16H15Br2NO2S/c1-19(9-14-8-13(18)10-22-14)16(21)7-6-15(20)11-2-4-12(17)5-3-11/h2-5,8,10H,6-7,9H2,1H3. The van der Waals surface area contributed by atoms with Gasteiger partial charge in [0.1, 0.15) is 0 Å².